The van der Waals surface area contributed by atoms with Crippen molar-refractivity contribution in [2.75, 3.05) is 5.32 Å². The van der Waals surface area contributed by atoms with Crippen LogP contribution in [0, 0.1) is 5.82 Å². The first-order valence-electron chi connectivity index (χ1n) is 8.17. The van der Waals surface area contributed by atoms with Crippen LogP contribution in [-0.2, 0) is 19.5 Å². The summed E-state index contributed by atoms with van der Waals surface area (Å²) in [6.07, 6.45) is 2.55. The maximum atomic E-state index is 14.5. The zero-order valence-corrected chi connectivity index (χ0v) is 14.0. The molecule has 0 unspecified atom stereocenters. The van der Waals surface area contributed by atoms with Gasteiger partial charge >= 0.3 is 7.12 Å². The molecule has 0 radical (unpaired) electrons. The first-order chi connectivity index (χ1) is 10.7. The van der Waals surface area contributed by atoms with E-state index in [2.05, 4.69) is 5.32 Å². The molecule has 2 aliphatic heterocycles. The average Bonchev–Trinajstić information content (AvgIpc) is 2.80. The summed E-state index contributed by atoms with van der Waals surface area (Å²) in [7, 11) is -0.618. The van der Waals surface area contributed by atoms with E-state index >= 15 is 0 Å². The molecule has 122 valence electrons. The number of hydrogen-bond acceptors (Lipinski definition) is 3. The molecule has 0 atom stereocenters. The standard InChI is InChI=1S/C17H21BFNO3/c1-15(2)16(3,4)23-18(22-15)10-8-11-13(12(19)9-10)20-14(21)17(11)6-5-7-17/h8-9H,5-7H2,1-4H3,(H,20,21). The van der Waals surface area contributed by atoms with Crippen LogP contribution in [0.25, 0.3) is 0 Å². The Kier molecular flexibility index (Phi) is 2.87. The Morgan fingerprint density at radius 2 is 1.74 bits per heavy atom. The summed E-state index contributed by atoms with van der Waals surface area (Å²) in [6, 6.07) is 3.30. The molecule has 2 heterocycles. The van der Waals surface area contributed by atoms with Gasteiger partial charge in [-0.15, -0.1) is 0 Å². The first kappa shape index (κ1) is 15.2. The molecule has 1 saturated carbocycles. The van der Waals surface area contributed by atoms with Gasteiger partial charge in [0.15, 0.2) is 0 Å². The Hall–Kier alpha value is -1.40. The summed E-state index contributed by atoms with van der Waals surface area (Å²) in [6.45, 7) is 7.87. The van der Waals surface area contributed by atoms with Crippen molar-refractivity contribution in [1.29, 1.82) is 0 Å². The maximum Gasteiger partial charge on any atom is 0.494 e. The van der Waals surface area contributed by atoms with Crippen LogP contribution in [0.3, 0.4) is 0 Å². The van der Waals surface area contributed by atoms with E-state index in [0.717, 1.165) is 24.8 Å². The molecule has 1 aromatic carbocycles. The Bertz CT molecular complexity index is 696. The molecule has 1 aliphatic carbocycles. The molecule has 3 aliphatic rings. The van der Waals surface area contributed by atoms with Crippen molar-refractivity contribution in [3.63, 3.8) is 0 Å². The Morgan fingerprint density at radius 1 is 1.13 bits per heavy atom. The van der Waals surface area contributed by atoms with Crippen molar-refractivity contribution in [3.05, 3.63) is 23.5 Å². The number of benzene rings is 1. The lowest BCUT2D eigenvalue weighted by Crippen LogP contribution is -2.42. The third-order valence-electron chi connectivity index (χ3n) is 6.03. The molecule has 4 rings (SSSR count). The topological polar surface area (TPSA) is 47.6 Å². The number of fused-ring (bicyclic) bond motifs is 2. The van der Waals surface area contributed by atoms with Crippen LogP contribution in [0.5, 0.6) is 0 Å². The molecule has 1 saturated heterocycles. The van der Waals surface area contributed by atoms with Gasteiger partial charge in [0.05, 0.1) is 22.3 Å². The van der Waals surface area contributed by atoms with Crippen LogP contribution in [-0.4, -0.2) is 24.2 Å². The highest BCUT2D eigenvalue weighted by Crippen LogP contribution is 2.51. The quantitative estimate of drug-likeness (QED) is 0.810. The fourth-order valence-corrected chi connectivity index (χ4v) is 3.63. The molecule has 1 N–H and O–H groups in total. The van der Waals surface area contributed by atoms with Gasteiger partial charge in [-0.05, 0) is 57.6 Å². The molecule has 23 heavy (non-hydrogen) atoms. The predicted octanol–water partition coefficient (Wildman–Crippen LogP) is 2.50. The molecule has 1 aromatic rings. The van der Waals surface area contributed by atoms with E-state index in [9.17, 15) is 9.18 Å². The average molecular weight is 317 g/mol. The van der Waals surface area contributed by atoms with Gasteiger partial charge in [0.2, 0.25) is 5.91 Å². The molecule has 0 aromatic heterocycles. The van der Waals surface area contributed by atoms with Gasteiger partial charge in [-0.2, -0.15) is 0 Å². The van der Waals surface area contributed by atoms with Gasteiger partial charge in [-0.25, -0.2) is 4.39 Å². The van der Waals surface area contributed by atoms with E-state index in [1.54, 1.807) is 0 Å². The molecular formula is C17H21BFNO3. The van der Waals surface area contributed by atoms with Crippen LogP contribution < -0.4 is 10.8 Å². The van der Waals surface area contributed by atoms with Crippen molar-refractivity contribution in [2.45, 2.75) is 63.6 Å². The second kappa shape index (κ2) is 4.36. The van der Waals surface area contributed by atoms with Crippen molar-refractivity contribution in [2.24, 2.45) is 0 Å². The Labute approximate surface area is 135 Å². The molecule has 4 nitrogen and oxygen atoms in total. The van der Waals surface area contributed by atoms with Crippen LogP contribution in [0.4, 0.5) is 10.1 Å². The highest BCUT2D eigenvalue weighted by Gasteiger charge is 2.55. The minimum absolute atomic E-state index is 0.0799. The number of hydrogen-bond donors (Lipinski definition) is 1. The highest BCUT2D eigenvalue weighted by atomic mass is 19.1. The minimum Gasteiger partial charge on any atom is -0.399 e. The second-order valence-corrected chi connectivity index (χ2v) is 7.90. The number of rotatable bonds is 1. The van der Waals surface area contributed by atoms with E-state index in [1.165, 1.54) is 6.07 Å². The molecule has 1 amide bonds. The largest absolute Gasteiger partial charge is 0.494 e. The zero-order chi connectivity index (χ0) is 16.6. The maximum absolute atomic E-state index is 14.5. The zero-order valence-electron chi connectivity index (χ0n) is 14.0. The number of halogens is 1. The van der Waals surface area contributed by atoms with E-state index < -0.39 is 29.6 Å². The summed E-state index contributed by atoms with van der Waals surface area (Å²) in [5.74, 6) is -0.493. The molecule has 0 bridgehead atoms. The fourth-order valence-electron chi connectivity index (χ4n) is 3.63. The summed E-state index contributed by atoms with van der Waals surface area (Å²) < 4.78 is 26.6. The first-order valence-corrected chi connectivity index (χ1v) is 8.17. The Morgan fingerprint density at radius 3 is 2.26 bits per heavy atom. The number of amides is 1. The fraction of sp³-hybridized carbons (Fsp3) is 0.588. The van der Waals surface area contributed by atoms with Crippen LogP contribution in [0.1, 0.15) is 52.5 Å². The van der Waals surface area contributed by atoms with Crippen molar-refractivity contribution < 1.29 is 18.5 Å². The van der Waals surface area contributed by atoms with E-state index in [-0.39, 0.29) is 5.91 Å². The number of carbonyl (C=O) groups is 1. The number of carbonyl (C=O) groups excluding carboxylic acids is 1. The van der Waals surface area contributed by atoms with Crippen molar-refractivity contribution in [3.8, 4) is 0 Å². The molecule has 6 heteroatoms. The molecule has 1 spiro atoms. The monoisotopic (exact) mass is 317 g/mol. The van der Waals surface area contributed by atoms with Gasteiger partial charge in [0, 0.05) is 0 Å². The Balaban J connectivity index is 1.76. The number of nitrogens with one attached hydrogen (secondary N) is 1. The normalized spacial score (nSPS) is 26.1. The highest BCUT2D eigenvalue weighted by molar-refractivity contribution is 6.62. The number of anilines is 1. The smallest absolute Gasteiger partial charge is 0.399 e. The van der Waals surface area contributed by atoms with Gasteiger partial charge in [-0.1, -0.05) is 12.5 Å². The van der Waals surface area contributed by atoms with Gasteiger partial charge in [-0.3, -0.25) is 4.79 Å². The van der Waals surface area contributed by atoms with Crippen LogP contribution >= 0.6 is 0 Å². The van der Waals surface area contributed by atoms with Gasteiger partial charge in [0.1, 0.15) is 5.82 Å². The lowest BCUT2D eigenvalue weighted by molar-refractivity contribution is -0.123. The molecule has 2 fully saturated rings. The molecular weight excluding hydrogens is 296 g/mol. The van der Waals surface area contributed by atoms with Crippen LogP contribution in [0.15, 0.2) is 12.1 Å². The summed E-state index contributed by atoms with van der Waals surface area (Å²) in [4.78, 5) is 12.3. The lowest BCUT2D eigenvalue weighted by Gasteiger charge is -2.36. The third kappa shape index (κ3) is 1.88. The minimum atomic E-state index is -0.618. The van der Waals surface area contributed by atoms with Gasteiger partial charge in [0.25, 0.3) is 0 Å². The van der Waals surface area contributed by atoms with Crippen molar-refractivity contribution >= 4 is 24.2 Å². The van der Waals surface area contributed by atoms with E-state index in [1.807, 2.05) is 33.8 Å². The summed E-state index contributed by atoms with van der Waals surface area (Å²) in [5.41, 5.74) is 0.233. The van der Waals surface area contributed by atoms with Crippen molar-refractivity contribution in [1.82, 2.24) is 0 Å². The third-order valence-corrected chi connectivity index (χ3v) is 6.03. The van der Waals surface area contributed by atoms with E-state index in [4.69, 9.17) is 9.31 Å². The van der Waals surface area contributed by atoms with Gasteiger partial charge < -0.3 is 14.6 Å². The predicted molar refractivity (Wildman–Crippen MR) is 86.3 cm³/mol. The SMILES string of the molecule is CC1(C)OB(c2cc(F)c3c(c2)C2(CCC2)C(=O)N3)OC1(C)C. The van der Waals surface area contributed by atoms with Crippen LogP contribution in [0.2, 0.25) is 0 Å². The van der Waals surface area contributed by atoms with E-state index in [0.29, 0.717) is 11.2 Å². The second-order valence-electron chi connectivity index (χ2n) is 7.90. The lowest BCUT2D eigenvalue weighted by atomic mass is 9.64. The summed E-state index contributed by atoms with van der Waals surface area (Å²) in [5, 5.41) is 2.71. The summed E-state index contributed by atoms with van der Waals surface area (Å²) >= 11 is 0.